The summed E-state index contributed by atoms with van der Waals surface area (Å²) >= 11 is 0. The molecule has 2 rings (SSSR count). The van der Waals surface area contributed by atoms with Crippen molar-refractivity contribution in [3.05, 3.63) is 48.7 Å². The van der Waals surface area contributed by atoms with Crippen LogP contribution in [0.2, 0.25) is 0 Å². The lowest BCUT2D eigenvalue weighted by Gasteiger charge is -2.24. The molecule has 3 heteroatoms. The molecule has 2 aromatic rings. The molecule has 0 spiro atoms. The number of carboxylic acid groups (broad SMARTS) is 1. The predicted octanol–water partition coefficient (Wildman–Crippen LogP) is 2.97. The van der Waals surface area contributed by atoms with Crippen molar-refractivity contribution in [2.75, 3.05) is 0 Å². The molecule has 0 saturated heterocycles. The van der Waals surface area contributed by atoms with Crippen molar-refractivity contribution in [3.63, 3.8) is 0 Å². The predicted molar refractivity (Wildman–Crippen MR) is 66.8 cm³/mol. The zero-order valence-electron chi connectivity index (χ0n) is 9.92. The van der Waals surface area contributed by atoms with Gasteiger partial charge in [0.25, 0.3) is 0 Å². The number of carboxylic acids is 1. The molecule has 1 aromatic heterocycles. The summed E-state index contributed by atoms with van der Waals surface area (Å²) in [7, 11) is 0. The van der Waals surface area contributed by atoms with E-state index < -0.39 is 11.5 Å². The van der Waals surface area contributed by atoms with E-state index in [1.165, 1.54) is 0 Å². The van der Waals surface area contributed by atoms with Crippen LogP contribution in [0.5, 0.6) is 0 Å². The Bertz CT molecular complexity index is 526. The Balaban J connectivity index is 2.53. The molecule has 0 aliphatic carbocycles. The number of carbonyl (C=O) groups is 1. The first-order valence-corrected chi connectivity index (χ1v) is 5.50. The maximum absolute atomic E-state index is 11.3. The van der Waals surface area contributed by atoms with Crippen LogP contribution in [-0.2, 0) is 10.3 Å². The van der Waals surface area contributed by atoms with Gasteiger partial charge in [-0.3, -0.25) is 0 Å². The number of benzene rings is 1. The number of hydrogen-bond acceptors (Lipinski definition) is 1. The molecule has 1 aromatic carbocycles. The quantitative estimate of drug-likeness (QED) is 0.879. The molecule has 0 aliphatic rings. The van der Waals surface area contributed by atoms with Crippen molar-refractivity contribution in [3.8, 4) is 11.3 Å². The maximum Gasteiger partial charge on any atom is 0.329 e. The summed E-state index contributed by atoms with van der Waals surface area (Å²) in [6, 6.07) is 13.6. The average Bonchev–Trinajstić information content (AvgIpc) is 2.79. The molecule has 0 radical (unpaired) electrons. The highest BCUT2D eigenvalue weighted by Gasteiger charge is 2.30. The highest BCUT2D eigenvalue weighted by Crippen LogP contribution is 2.26. The Morgan fingerprint density at radius 2 is 1.76 bits per heavy atom. The fourth-order valence-electron chi connectivity index (χ4n) is 1.82. The van der Waals surface area contributed by atoms with E-state index in [4.69, 9.17) is 0 Å². The Labute approximate surface area is 100 Å². The maximum atomic E-state index is 11.3. The SMILES string of the molecule is CC(C)(C(=O)O)n1cccc1-c1ccccc1. The van der Waals surface area contributed by atoms with Crippen LogP contribution in [0.25, 0.3) is 11.3 Å². The minimum Gasteiger partial charge on any atom is -0.480 e. The lowest BCUT2D eigenvalue weighted by Crippen LogP contribution is -2.35. The van der Waals surface area contributed by atoms with Crippen LogP contribution in [0, 0.1) is 0 Å². The van der Waals surface area contributed by atoms with Crippen molar-refractivity contribution in [2.45, 2.75) is 19.4 Å². The fraction of sp³-hybridized carbons (Fsp3) is 0.214. The van der Waals surface area contributed by atoms with Crippen molar-refractivity contribution in [2.24, 2.45) is 0 Å². The Kier molecular flexibility index (Phi) is 2.76. The Morgan fingerprint density at radius 1 is 1.12 bits per heavy atom. The molecular formula is C14H15NO2. The second-order valence-electron chi connectivity index (χ2n) is 4.49. The van der Waals surface area contributed by atoms with E-state index in [1.807, 2.05) is 42.5 Å². The van der Waals surface area contributed by atoms with Gasteiger partial charge in [-0.15, -0.1) is 0 Å². The van der Waals surface area contributed by atoms with Crippen LogP contribution in [-0.4, -0.2) is 15.6 Å². The lowest BCUT2D eigenvalue weighted by atomic mass is 10.0. The number of aromatic nitrogens is 1. The van der Waals surface area contributed by atoms with E-state index in [1.54, 1.807) is 24.6 Å². The molecule has 0 unspecified atom stereocenters. The van der Waals surface area contributed by atoms with Gasteiger partial charge in [-0.1, -0.05) is 30.3 Å². The fourth-order valence-corrected chi connectivity index (χ4v) is 1.82. The van der Waals surface area contributed by atoms with Gasteiger partial charge in [0.15, 0.2) is 0 Å². The highest BCUT2D eigenvalue weighted by molar-refractivity contribution is 5.77. The molecule has 1 N–H and O–H groups in total. The minimum absolute atomic E-state index is 0.842. The van der Waals surface area contributed by atoms with Gasteiger partial charge in [-0.2, -0.15) is 0 Å². The zero-order valence-corrected chi connectivity index (χ0v) is 9.92. The second-order valence-corrected chi connectivity index (χ2v) is 4.49. The number of rotatable bonds is 3. The molecule has 1 heterocycles. The first kappa shape index (κ1) is 11.5. The molecule has 0 saturated carbocycles. The van der Waals surface area contributed by atoms with Gasteiger partial charge in [0.2, 0.25) is 0 Å². The van der Waals surface area contributed by atoms with Crippen LogP contribution in [0.15, 0.2) is 48.7 Å². The van der Waals surface area contributed by atoms with E-state index in [-0.39, 0.29) is 0 Å². The van der Waals surface area contributed by atoms with E-state index in [2.05, 4.69) is 0 Å². The summed E-state index contributed by atoms with van der Waals surface area (Å²) in [5, 5.41) is 9.26. The topological polar surface area (TPSA) is 42.2 Å². The second kappa shape index (κ2) is 4.09. The summed E-state index contributed by atoms with van der Waals surface area (Å²) in [4.78, 5) is 11.3. The minimum atomic E-state index is -0.950. The van der Waals surface area contributed by atoms with Gasteiger partial charge >= 0.3 is 5.97 Å². The summed E-state index contributed by atoms with van der Waals surface area (Å²) in [6.07, 6.45) is 1.80. The molecule has 0 atom stereocenters. The van der Waals surface area contributed by atoms with E-state index in [9.17, 15) is 9.90 Å². The van der Waals surface area contributed by atoms with Gasteiger partial charge in [-0.05, 0) is 31.5 Å². The lowest BCUT2D eigenvalue weighted by molar-refractivity contribution is -0.145. The Hall–Kier alpha value is -2.03. The van der Waals surface area contributed by atoms with Gasteiger partial charge in [0.05, 0.1) is 0 Å². The van der Waals surface area contributed by atoms with E-state index in [0.717, 1.165) is 11.3 Å². The third-order valence-electron chi connectivity index (χ3n) is 2.94. The summed E-state index contributed by atoms with van der Waals surface area (Å²) in [5.41, 5.74) is 0.985. The van der Waals surface area contributed by atoms with Crippen LogP contribution >= 0.6 is 0 Å². The van der Waals surface area contributed by atoms with Crippen molar-refractivity contribution < 1.29 is 9.90 Å². The van der Waals surface area contributed by atoms with Gasteiger partial charge in [0.1, 0.15) is 5.54 Å². The van der Waals surface area contributed by atoms with Crippen LogP contribution in [0.4, 0.5) is 0 Å². The monoisotopic (exact) mass is 229 g/mol. The molecule has 0 amide bonds. The summed E-state index contributed by atoms with van der Waals surface area (Å²) in [6.45, 7) is 3.39. The first-order valence-electron chi connectivity index (χ1n) is 5.50. The first-order chi connectivity index (χ1) is 8.03. The highest BCUT2D eigenvalue weighted by atomic mass is 16.4. The molecule has 0 fully saturated rings. The number of nitrogens with zero attached hydrogens (tertiary/aromatic N) is 1. The van der Waals surface area contributed by atoms with Gasteiger partial charge < -0.3 is 9.67 Å². The largest absolute Gasteiger partial charge is 0.480 e. The van der Waals surface area contributed by atoms with Crippen LogP contribution in [0.3, 0.4) is 0 Å². The molecule has 0 bridgehead atoms. The van der Waals surface area contributed by atoms with Gasteiger partial charge in [0, 0.05) is 11.9 Å². The van der Waals surface area contributed by atoms with E-state index >= 15 is 0 Å². The molecule has 3 nitrogen and oxygen atoms in total. The van der Waals surface area contributed by atoms with E-state index in [0.29, 0.717) is 0 Å². The van der Waals surface area contributed by atoms with Crippen LogP contribution in [0.1, 0.15) is 13.8 Å². The standard InChI is InChI=1S/C14H15NO2/c1-14(2,13(16)17)15-10-6-9-12(15)11-7-4-3-5-8-11/h3-10H,1-2H3,(H,16,17). The van der Waals surface area contributed by atoms with Gasteiger partial charge in [-0.25, -0.2) is 4.79 Å². The van der Waals surface area contributed by atoms with Crippen LogP contribution < -0.4 is 0 Å². The summed E-state index contributed by atoms with van der Waals surface area (Å²) in [5.74, 6) is -0.842. The molecule has 88 valence electrons. The van der Waals surface area contributed by atoms with Crippen molar-refractivity contribution in [1.29, 1.82) is 0 Å². The zero-order chi connectivity index (χ0) is 12.5. The third-order valence-corrected chi connectivity index (χ3v) is 2.94. The van der Waals surface area contributed by atoms with Crippen molar-refractivity contribution >= 4 is 5.97 Å². The van der Waals surface area contributed by atoms with Crippen molar-refractivity contribution in [1.82, 2.24) is 4.57 Å². The normalized spacial score (nSPS) is 11.4. The molecule has 0 aliphatic heterocycles. The molecular weight excluding hydrogens is 214 g/mol. The molecule has 17 heavy (non-hydrogen) atoms. The Morgan fingerprint density at radius 3 is 2.35 bits per heavy atom. The number of aliphatic carboxylic acids is 1. The average molecular weight is 229 g/mol. The summed E-state index contributed by atoms with van der Waals surface area (Å²) < 4.78 is 1.78. The smallest absolute Gasteiger partial charge is 0.329 e. The number of hydrogen-bond donors (Lipinski definition) is 1. The third kappa shape index (κ3) is 1.96.